The van der Waals surface area contributed by atoms with Crippen LogP contribution in [-0.4, -0.2) is 6.54 Å². The molecule has 56 valence electrons. The van der Waals surface area contributed by atoms with Gasteiger partial charge in [0.1, 0.15) is 0 Å². The lowest BCUT2D eigenvalue weighted by molar-refractivity contribution is 0.139. The van der Waals surface area contributed by atoms with E-state index in [2.05, 4.69) is 16.9 Å². The largest absolute Gasteiger partial charge is 0.0934 e. The summed E-state index contributed by atoms with van der Waals surface area (Å²) in [6.07, 6.45) is 4.98. The topological polar surface area (TPSA) is 48.8 Å². The van der Waals surface area contributed by atoms with E-state index in [9.17, 15) is 0 Å². The van der Waals surface area contributed by atoms with E-state index in [0.717, 1.165) is 6.42 Å². The second-order valence-corrected chi connectivity index (χ2v) is 3.10. The van der Waals surface area contributed by atoms with Crippen LogP contribution in [0.3, 0.4) is 0 Å². The third-order valence-electron chi connectivity index (χ3n) is 2.63. The molecule has 3 nitrogen and oxygen atoms in total. The monoisotopic (exact) mass is 139 g/mol. The summed E-state index contributed by atoms with van der Waals surface area (Å²) in [5, 5.41) is 3.62. The number of hydrogen-bond acceptors (Lipinski definition) is 1. The Morgan fingerprint density at radius 2 is 2.30 bits per heavy atom. The van der Waals surface area contributed by atoms with Gasteiger partial charge < -0.3 is 0 Å². The lowest BCUT2D eigenvalue weighted by atomic mass is 9.67. The van der Waals surface area contributed by atoms with Gasteiger partial charge in [-0.05, 0) is 23.8 Å². The van der Waals surface area contributed by atoms with Crippen molar-refractivity contribution in [2.75, 3.05) is 6.54 Å². The van der Waals surface area contributed by atoms with Crippen LogP contribution in [0, 0.1) is 5.41 Å². The van der Waals surface area contributed by atoms with Gasteiger partial charge in [-0.3, -0.25) is 0 Å². The number of azide groups is 1. The van der Waals surface area contributed by atoms with Gasteiger partial charge in [-0.15, -0.1) is 0 Å². The summed E-state index contributed by atoms with van der Waals surface area (Å²) in [4.78, 5) is 2.78. The molecule has 1 rings (SSSR count). The van der Waals surface area contributed by atoms with Crippen LogP contribution in [0.15, 0.2) is 5.11 Å². The molecule has 0 saturated heterocycles. The summed E-state index contributed by atoms with van der Waals surface area (Å²) in [6.45, 7) is 2.88. The lowest BCUT2D eigenvalue weighted by Crippen LogP contribution is -2.31. The first-order chi connectivity index (χ1) is 4.83. The fourth-order valence-corrected chi connectivity index (χ4v) is 1.48. The van der Waals surface area contributed by atoms with E-state index in [0.29, 0.717) is 12.0 Å². The standard InChI is InChI=1S/C7H13N3/c1-2-7(4-3-5-7)6-9-10-8/h2-6H2,1H3. The second kappa shape index (κ2) is 2.93. The molecule has 1 aliphatic carbocycles. The fourth-order valence-electron chi connectivity index (χ4n) is 1.48. The number of nitrogens with zero attached hydrogens (tertiary/aromatic N) is 3. The molecule has 0 aromatic rings. The van der Waals surface area contributed by atoms with Crippen LogP contribution < -0.4 is 0 Å². The second-order valence-electron chi connectivity index (χ2n) is 3.10. The normalized spacial score (nSPS) is 20.9. The Morgan fingerprint density at radius 3 is 2.60 bits per heavy atom. The minimum absolute atomic E-state index is 0.395. The molecule has 0 aromatic carbocycles. The van der Waals surface area contributed by atoms with Gasteiger partial charge in [-0.25, -0.2) is 0 Å². The maximum absolute atomic E-state index is 8.10. The maximum Gasteiger partial charge on any atom is 0.0314 e. The minimum Gasteiger partial charge on any atom is -0.0934 e. The van der Waals surface area contributed by atoms with Gasteiger partial charge >= 0.3 is 0 Å². The first-order valence-electron chi connectivity index (χ1n) is 3.84. The van der Waals surface area contributed by atoms with Crippen molar-refractivity contribution in [3.8, 4) is 0 Å². The summed E-state index contributed by atoms with van der Waals surface area (Å²) in [6, 6.07) is 0. The first-order valence-corrected chi connectivity index (χ1v) is 3.84. The molecule has 1 aliphatic rings. The van der Waals surface area contributed by atoms with Crippen LogP contribution in [0.2, 0.25) is 0 Å². The zero-order valence-electron chi connectivity index (χ0n) is 6.38. The average Bonchev–Trinajstić information content (AvgIpc) is 1.87. The summed E-state index contributed by atoms with van der Waals surface area (Å²) in [5.41, 5.74) is 8.50. The maximum atomic E-state index is 8.10. The molecule has 0 amide bonds. The van der Waals surface area contributed by atoms with Crippen LogP contribution in [-0.2, 0) is 0 Å². The van der Waals surface area contributed by atoms with Crippen molar-refractivity contribution in [3.05, 3.63) is 10.4 Å². The molecule has 0 atom stereocenters. The highest BCUT2D eigenvalue weighted by Crippen LogP contribution is 2.43. The van der Waals surface area contributed by atoms with Gasteiger partial charge in [0.2, 0.25) is 0 Å². The van der Waals surface area contributed by atoms with Crippen LogP contribution in [0.4, 0.5) is 0 Å². The molecule has 3 heteroatoms. The molecule has 0 N–H and O–H groups in total. The summed E-state index contributed by atoms with van der Waals surface area (Å²) >= 11 is 0. The van der Waals surface area contributed by atoms with Crippen LogP contribution in [0.25, 0.3) is 10.4 Å². The van der Waals surface area contributed by atoms with Crippen LogP contribution >= 0.6 is 0 Å². The Labute approximate surface area is 61.1 Å². The molecule has 0 aliphatic heterocycles. The minimum atomic E-state index is 0.395. The Balaban J connectivity index is 2.40. The molecule has 0 unspecified atom stereocenters. The number of rotatable bonds is 3. The van der Waals surface area contributed by atoms with E-state index >= 15 is 0 Å². The van der Waals surface area contributed by atoms with Crippen molar-refractivity contribution in [1.82, 2.24) is 0 Å². The fraction of sp³-hybridized carbons (Fsp3) is 1.00. The molecular weight excluding hydrogens is 126 g/mol. The molecule has 1 fully saturated rings. The summed E-state index contributed by atoms with van der Waals surface area (Å²) in [5.74, 6) is 0. The molecule has 0 heterocycles. The smallest absolute Gasteiger partial charge is 0.0314 e. The van der Waals surface area contributed by atoms with E-state index in [-0.39, 0.29) is 0 Å². The van der Waals surface area contributed by atoms with E-state index in [4.69, 9.17) is 5.53 Å². The van der Waals surface area contributed by atoms with Gasteiger partial charge in [0.25, 0.3) is 0 Å². The highest BCUT2D eigenvalue weighted by Gasteiger charge is 2.33. The van der Waals surface area contributed by atoms with E-state index < -0.39 is 0 Å². The van der Waals surface area contributed by atoms with Gasteiger partial charge in [0.15, 0.2) is 0 Å². The predicted molar refractivity (Wildman–Crippen MR) is 40.6 cm³/mol. The predicted octanol–water partition coefficient (Wildman–Crippen LogP) is 2.88. The molecule has 0 spiro atoms. The van der Waals surface area contributed by atoms with Crippen molar-refractivity contribution >= 4 is 0 Å². The Morgan fingerprint density at radius 1 is 1.60 bits per heavy atom. The third-order valence-corrected chi connectivity index (χ3v) is 2.63. The quantitative estimate of drug-likeness (QED) is 0.328. The summed E-state index contributed by atoms with van der Waals surface area (Å²) in [7, 11) is 0. The number of hydrogen-bond donors (Lipinski definition) is 0. The molecule has 1 saturated carbocycles. The van der Waals surface area contributed by atoms with Crippen molar-refractivity contribution in [3.63, 3.8) is 0 Å². The third kappa shape index (κ3) is 1.24. The van der Waals surface area contributed by atoms with E-state index in [1.54, 1.807) is 0 Å². The van der Waals surface area contributed by atoms with Crippen molar-refractivity contribution in [2.45, 2.75) is 32.6 Å². The first kappa shape index (κ1) is 7.42. The van der Waals surface area contributed by atoms with Gasteiger partial charge in [-0.1, -0.05) is 24.9 Å². The van der Waals surface area contributed by atoms with E-state index in [1.165, 1.54) is 19.3 Å². The van der Waals surface area contributed by atoms with Crippen LogP contribution in [0.1, 0.15) is 32.6 Å². The highest BCUT2D eigenvalue weighted by molar-refractivity contribution is 4.88. The van der Waals surface area contributed by atoms with Crippen molar-refractivity contribution in [1.29, 1.82) is 0 Å². The Bertz CT molecular complexity index is 149. The van der Waals surface area contributed by atoms with Crippen molar-refractivity contribution in [2.24, 2.45) is 10.5 Å². The van der Waals surface area contributed by atoms with Gasteiger partial charge in [0, 0.05) is 11.5 Å². The van der Waals surface area contributed by atoms with Crippen LogP contribution in [0.5, 0.6) is 0 Å². The Kier molecular flexibility index (Phi) is 2.17. The highest BCUT2D eigenvalue weighted by atomic mass is 15.1. The average molecular weight is 139 g/mol. The van der Waals surface area contributed by atoms with Crippen molar-refractivity contribution < 1.29 is 0 Å². The molecular formula is C7H13N3. The molecule has 0 radical (unpaired) electrons. The van der Waals surface area contributed by atoms with Gasteiger partial charge in [0.05, 0.1) is 0 Å². The van der Waals surface area contributed by atoms with Gasteiger partial charge in [-0.2, -0.15) is 0 Å². The summed E-state index contributed by atoms with van der Waals surface area (Å²) < 4.78 is 0. The Hall–Kier alpha value is -0.690. The zero-order chi connectivity index (χ0) is 7.45. The lowest BCUT2D eigenvalue weighted by Gasteiger charge is -2.40. The van der Waals surface area contributed by atoms with E-state index in [1.807, 2.05) is 0 Å². The molecule has 0 aromatic heterocycles. The SMILES string of the molecule is CCC1(CN=[N+]=[N-])CCC1. The molecule has 10 heavy (non-hydrogen) atoms. The molecule has 0 bridgehead atoms. The zero-order valence-corrected chi connectivity index (χ0v) is 6.38.